The first-order valence-electron chi connectivity index (χ1n) is 5.74. The summed E-state index contributed by atoms with van der Waals surface area (Å²) in [6, 6.07) is 10.0. The molecule has 90 valence electrons. The Morgan fingerprint density at radius 2 is 2.06 bits per heavy atom. The molecule has 0 fully saturated rings. The number of hydrogen-bond donors (Lipinski definition) is 0. The first-order chi connectivity index (χ1) is 8.22. The van der Waals surface area contributed by atoms with Gasteiger partial charge in [-0.3, -0.25) is 4.79 Å². The van der Waals surface area contributed by atoms with Crippen LogP contribution in [0, 0.1) is 5.92 Å². The molecule has 0 unspecified atom stereocenters. The van der Waals surface area contributed by atoms with E-state index in [9.17, 15) is 4.79 Å². The molecule has 0 aromatic heterocycles. The number of likely N-dealkylation sites (N-methyl/N-ethyl adjacent to an activating group) is 1. The highest BCUT2D eigenvalue weighted by molar-refractivity contribution is 5.89. The summed E-state index contributed by atoms with van der Waals surface area (Å²) in [7, 11) is 3.45. The molecule has 0 N–H and O–H groups in total. The average Bonchev–Trinajstić information content (AvgIpc) is 2.38. The zero-order valence-corrected chi connectivity index (χ0v) is 10.2. The zero-order chi connectivity index (χ0) is 12.3. The van der Waals surface area contributed by atoms with Crippen LogP contribution in [0.15, 0.2) is 36.4 Å². The standard InChI is InChI=1S/C14H17NO2/c1-15-9-8-12(11-6-4-3-5-7-11)13(10-15)14(16)17-2/h3-8,13H,9-10H2,1-2H3/t13-/m0/s1. The summed E-state index contributed by atoms with van der Waals surface area (Å²) in [5, 5.41) is 0. The van der Waals surface area contributed by atoms with Crippen LogP contribution in [0.2, 0.25) is 0 Å². The number of methoxy groups -OCH3 is 1. The molecule has 17 heavy (non-hydrogen) atoms. The van der Waals surface area contributed by atoms with E-state index < -0.39 is 0 Å². The van der Waals surface area contributed by atoms with Crippen LogP contribution in [0.25, 0.3) is 5.57 Å². The van der Waals surface area contributed by atoms with Gasteiger partial charge in [-0.05, 0) is 18.2 Å². The van der Waals surface area contributed by atoms with E-state index in [0.29, 0.717) is 6.54 Å². The lowest BCUT2D eigenvalue weighted by Gasteiger charge is -2.28. The van der Waals surface area contributed by atoms with Gasteiger partial charge in [-0.2, -0.15) is 0 Å². The molecule has 1 heterocycles. The summed E-state index contributed by atoms with van der Waals surface area (Å²) in [5.41, 5.74) is 2.19. The van der Waals surface area contributed by atoms with Crippen LogP contribution in [0.3, 0.4) is 0 Å². The molecule has 1 aromatic rings. The van der Waals surface area contributed by atoms with Gasteiger partial charge in [0, 0.05) is 13.1 Å². The SMILES string of the molecule is COC(=O)[C@H]1CN(C)CC=C1c1ccccc1. The first-order valence-corrected chi connectivity index (χ1v) is 5.74. The van der Waals surface area contributed by atoms with Crippen molar-refractivity contribution in [2.24, 2.45) is 5.92 Å². The molecule has 3 nitrogen and oxygen atoms in total. The molecule has 0 amide bonds. The second-order valence-corrected chi connectivity index (χ2v) is 4.32. The predicted molar refractivity (Wildman–Crippen MR) is 67.4 cm³/mol. The molecule has 1 aromatic carbocycles. The summed E-state index contributed by atoms with van der Waals surface area (Å²) >= 11 is 0. The number of carbonyl (C=O) groups excluding carboxylic acids is 1. The van der Waals surface area contributed by atoms with E-state index in [1.807, 2.05) is 37.4 Å². The van der Waals surface area contributed by atoms with Crippen molar-refractivity contribution in [2.45, 2.75) is 0 Å². The van der Waals surface area contributed by atoms with Gasteiger partial charge in [0.25, 0.3) is 0 Å². The van der Waals surface area contributed by atoms with E-state index in [0.717, 1.165) is 17.7 Å². The van der Waals surface area contributed by atoms with Gasteiger partial charge < -0.3 is 9.64 Å². The molecule has 0 aliphatic carbocycles. The van der Waals surface area contributed by atoms with Crippen LogP contribution < -0.4 is 0 Å². The van der Waals surface area contributed by atoms with Crippen molar-refractivity contribution >= 4 is 11.5 Å². The Morgan fingerprint density at radius 3 is 2.71 bits per heavy atom. The molecular weight excluding hydrogens is 214 g/mol. The third-order valence-corrected chi connectivity index (χ3v) is 3.09. The van der Waals surface area contributed by atoms with E-state index >= 15 is 0 Å². The van der Waals surface area contributed by atoms with Gasteiger partial charge in [-0.25, -0.2) is 0 Å². The zero-order valence-electron chi connectivity index (χ0n) is 10.2. The number of hydrogen-bond acceptors (Lipinski definition) is 3. The van der Waals surface area contributed by atoms with Crippen molar-refractivity contribution in [3.63, 3.8) is 0 Å². The van der Waals surface area contributed by atoms with Gasteiger partial charge in [0.2, 0.25) is 0 Å². The molecule has 0 saturated carbocycles. The fourth-order valence-corrected chi connectivity index (χ4v) is 2.17. The Morgan fingerprint density at radius 1 is 1.35 bits per heavy atom. The largest absolute Gasteiger partial charge is 0.469 e. The Bertz CT molecular complexity index is 425. The van der Waals surface area contributed by atoms with Gasteiger partial charge in [0.15, 0.2) is 0 Å². The molecule has 1 atom stereocenters. The van der Waals surface area contributed by atoms with Crippen LogP contribution in [0.5, 0.6) is 0 Å². The molecule has 3 heteroatoms. The summed E-state index contributed by atoms with van der Waals surface area (Å²) in [6.45, 7) is 1.59. The fourth-order valence-electron chi connectivity index (χ4n) is 2.17. The minimum Gasteiger partial charge on any atom is -0.469 e. The number of benzene rings is 1. The second kappa shape index (κ2) is 5.15. The van der Waals surface area contributed by atoms with Crippen LogP contribution in [0.4, 0.5) is 0 Å². The fraction of sp³-hybridized carbons (Fsp3) is 0.357. The van der Waals surface area contributed by atoms with E-state index in [4.69, 9.17) is 4.74 Å². The van der Waals surface area contributed by atoms with E-state index in [-0.39, 0.29) is 11.9 Å². The average molecular weight is 231 g/mol. The van der Waals surface area contributed by atoms with E-state index in [1.54, 1.807) is 0 Å². The van der Waals surface area contributed by atoms with Gasteiger partial charge in [0.05, 0.1) is 13.0 Å². The van der Waals surface area contributed by atoms with Gasteiger partial charge in [-0.1, -0.05) is 36.4 Å². The van der Waals surface area contributed by atoms with Crippen molar-refractivity contribution in [1.82, 2.24) is 4.90 Å². The lowest BCUT2D eigenvalue weighted by atomic mass is 9.89. The van der Waals surface area contributed by atoms with E-state index in [1.165, 1.54) is 7.11 Å². The summed E-state index contributed by atoms with van der Waals surface area (Å²) in [5.74, 6) is -0.340. The predicted octanol–water partition coefficient (Wildman–Crippen LogP) is 1.80. The molecule has 1 aliphatic rings. The van der Waals surface area contributed by atoms with E-state index in [2.05, 4.69) is 11.0 Å². The second-order valence-electron chi connectivity index (χ2n) is 4.32. The van der Waals surface area contributed by atoms with Crippen molar-refractivity contribution in [2.75, 3.05) is 27.2 Å². The van der Waals surface area contributed by atoms with Gasteiger partial charge >= 0.3 is 5.97 Å². The number of nitrogens with zero attached hydrogens (tertiary/aromatic N) is 1. The van der Waals surface area contributed by atoms with Gasteiger partial charge in [0.1, 0.15) is 0 Å². The Hall–Kier alpha value is -1.61. The smallest absolute Gasteiger partial charge is 0.314 e. The molecule has 0 bridgehead atoms. The first kappa shape index (κ1) is 11.9. The molecule has 1 aliphatic heterocycles. The molecular formula is C14H17NO2. The minimum atomic E-state index is -0.179. The number of carbonyl (C=O) groups is 1. The maximum Gasteiger partial charge on any atom is 0.314 e. The Kier molecular flexibility index (Phi) is 3.59. The number of esters is 1. The summed E-state index contributed by atoms with van der Waals surface area (Å²) < 4.78 is 4.88. The van der Waals surface area contributed by atoms with Crippen LogP contribution in [-0.2, 0) is 9.53 Å². The molecule has 0 radical (unpaired) electrons. The van der Waals surface area contributed by atoms with Crippen molar-refractivity contribution < 1.29 is 9.53 Å². The van der Waals surface area contributed by atoms with Crippen LogP contribution >= 0.6 is 0 Å². The van der Waals surface area contributed by atoms with Gasteiger partial charge in [-0.15, -0.1) is 0 Å². The monoisotopic (exact) mass is 231 g/mol. The lowest BCUT2D eigenvalue weighted by molar-refractivity contribution is -0.143. The third-order valence-electron chi connectivity index (χ3n) is 3.09. The minimum absolute atomic E-state index is 0.161. The van der Waals surface area contributed by atoms with Crippen molar-refractivity contribution in [3.05, 3.63) is 42.0 Å². The highest BCUT2D eigenvalue weighted by Crippen LogP contribution is 2.28. The van der Waals surface area contributed by atoms with Crippen LogP contribution in [0.1, 0.15) is 5.56 Å². The molecule has 0 saturated heterocycles. The highest BCUT2D eigenvalue weighted by atomic mass is 16.5. The Labute approximate surface area is 102 Å². The van der Waals surface area contributed by atoms with Crippen molar-refractivity contribution in [1.29, 1.82) is 0 Å². The maximum atomic E-state index is 11.8. The number of rotatable bonds is 2. The maximum absolute atomic E-state index is 11.8. The quantitative estimate of drug-likeness (QED) is 0.727. The highest BCUT2D eigenvalue weighted by Gasteiger charge is 2.28. The number of ether oxygens (including phenoxy) is 1. The normalized spacial score (nSPS) is 20.8. The molecule has 2 rings (SSSR count). The summed E-state index contributed by atoms with van der Waals surface area (Å²) in [4.78, 5) is 13.9. The Balaban J connectivity index is 2.33. The molecule has 0 spiro atoms. The topological polar surface area (TPSA) is 29.5 Å². The summed E-state index contributed by atoms with van der Waals surface area (Å²) in [6.07, 6.45) is 2.11. The van der Waals surface area contributed by atoms with Crippen LogP contribution in [-0.4, -0.2) is 38.1 Å². The lowest BCUT2D eigenvalue weighted by Crippen LogP contribution is -2.35. The third kappa shape index (κ3) is 2.56. The van der Waals surface area contributed by atoms with Crippen molar-refractivity contribution in [3.8, 4) is 0 Å².